The number of hydrogen-bond acceptors (Lipinski definition) is 3. The molecule has 0 radical (unpaired) electrons. The molecule has 22 heavy (non-hydrogen) atoms. The Morgan fingerprint density at radius 2 is 1.91 bits per heavy atom. The van der Waals surface area contributed by atoms with Crippen LogP contribution in [0.3, 0.4) is 0 Å². The van der Waals surface area contributed by atoms with E-state index in [0.29, 0.717) is 13.2 Å². The molecule has 1 aromatic heterocycles. The van der Waals surface area contributed by atoms with Crippen LogP contribution in [0.5, 0.6) is 5.75 Å². The number of fused-ring (bicyclic) bond motifs is 1. The molecule has 2 N–H and O–H groups in total. The molecule has 1 heterocycles. The van der Waals surface area contributed by atoms with Gasteiger partial charge in [0.1, 0.15) is 11.6 Å². The van der Waals surface area contributed by atoms with Crippen LogP contribution in [0, 0.1) is 6.92 Å². The van der Waals surface area contributed by atoms with Gasteiger partial charge in [0.25, 0.3) is 0 Å². The predicted molar refractivity (Wildman–Crippen MR) is 89.1 cm³/mol. The smallest absolute Gasteiger partial charge is 0.123 e. The number of ether oxygens (including phenoxy) is 1. The van der Waals surface area contributed by atoms with E-state index in [1.54, 1.807) is 0 Å². The normalized spacial score (nSPS) is 11.0. The van der Waals surface area contributed by atoms with E-state index in [1.165, 1.54) is 11.1 Å². The molecule has 2 aromatic carbocycles. The van der Waals surface area contributed by atoms with E-state index in [0.717, 1.165) is 29.2 Å². The molecule has 0 bridgehead atoms. The highest BCUT2D eigenvalue weighted by atomic mass is 16.5. The lowest BCUT2D eigenvalue weighted by atomic mass is 10.1. The summed E-state index contributed by atoms with van der Waals surface area (Å²) in [6, 6.07) is 14.6. The Balaban J connectivity index is 2.01. The summed E-state index contributed by atoms with van der Waals surface area (Å²) >= 11 is 0. The minimum absolute atomic E-state index is 0.421. The molecule has 0 unspecified atom stereocenters. The van der Waals surface area contributed by atoms with Gasteiger partial charge in [-0.15, -0.1) is 0 Å². The minimum Gasteiger partial charge on any atom is -0.494 e. The molecular weight excluding hydrogens is 274 g/mol. The van der Waals surface area contributed by atoms with E-state index < -0.39 is 0 Å². The van der Waals surface area contributed by atoms with Crippen molar-refractivity contribution in [3.8, 4) is 5.75 Å². The summed E-state index contributed by atoms with van der Waals surface area (Å²) < 4.78 is 7.72. The first-order valence-corrected chi connectivity index (χ1v) is 7.59. The lowest BCUT2D eigenvalue weighted by Crippen LogP contribution is -2.09. The fraction of sp³-hybridized carbons (Fsp3) is 0.278. The number of aryl methyl sites for hydroxylation is 1. The number of imidazole rings is 1. The maximum Gasteiger partial charge on any atom is 0.123 e. The number of aromatic nitrogens is 2. The van der Waals surface area contributed by atoms with Crippen molar-refractivity contribution in [2.45, 2.75) is 26.9 Å². The summed E-state index contributed by atoms with van der Waals surface area (Å²) in [7, 11) is 0. The summed E-state index contributed by atoms with van der Waals surface area (Å²) in [4.78, 5) is 4.65. The third-order valence-electron chi connectivity index (χ3n) is 3.75. The Bertz CT molecular complexity index is 775. The van der Waals surface area contributed by atoms with Gasteiger partial charge in [-0.25, -0.2) is 4.98 Å². The van der Waals surface area contributed by atoms with Crippen LogP contribution in [0.25, 0.3) is 11.0 Å². The monoisotopic (exact) mass is 295 g/mol. The van der Waals surface area contributed by atoms with E-state index >= 15 is 0 Å². The molecule has 4 heteroatoms. The molecule has 0 saturated carbocycles. The zero-order valence-electron chi connectivity index (χ0n) is 13.0. The van der Waals surface area contributed by atoms with Gasteiger partial charge in [-0.3, -0.25) is 0 Å². The van der Waals surface area contributed by atoms with Gasteiger partial charge in [0.05, 0.1) is 24.2 Å². The van der Waals surface area contributed by atoms with Gasteiger partial charge in [0, 0.05) is 12.6 Å². The third-order valence-corrected chi connectivity index (χ3v) is 3.75. The van der Waals surface area contributed by atoms with Crippen LogP contribution in [0.2, 0.25) is 0 Å². The van der Waals surface area contributed by atoms with Crippen molar-refractivity contribution >= 4 is 11.0 Å². The van der Waals surface area contributed by atoms with Gasteiger partial charge in [0.15, 0.2) is 0 Å². The van der Waals surface area contributed by atoms with Crippen molar-refractivity contribution in [1.82, 2.24) is 9.55 Å². The average molecular weight is 295 g/mol. The van der Waals surface area contributed by atoms with Crippen LogP contribution >= 0.6 is 0 Å². The Kier molecular flexibility index (Phi) is 4.11. The SMILES string of the molecule is CCOc1ccc2c(c1)nc(CN)n2Cc1ccc(C)cc1. The summed E-state index contributed by atoms with van der Waals surface area (Å²) in [5.41, 5.74) is 10.4. The molecule has 0 atom stereocenters. The molecule has 3 rings (SSSR count). The van der Waals surface area contributed by atoms with Gasteiger partial charge >= 0.3 is 0 Å². The minimum atomic E-state index is 0.421. The highest BCUT2D eigenvalue weighted by Crippen LogP contribution is 2.23. The van der Waals surface area contributed by atoms with E-state index in [9.17, 15) is 0 Å². The zero-order valence-corrected chi connectivity index (χ0v) is 13.0. The average Bonchev–Trinajstić information content (AvgIpc) is 2.87. The molecule has 0 saturated heterocycles. The van der Waals surface area contributed by atoms with Gasteiger partial charge in [-0.1, -0.05) is 29.8 Å². The lowest BCUT2D eigenvalue weighted by molar-refractivity contribution is 0.340. The van der Waals surface area contributed by atoms with Crippen molar-refractivity contribution in [3.05, 3.63) is 59.4 Å². The third kappa shape index (κ3) is 2.83. The van der Waals surface area contributed by atoms with Crippen LogP contribution in [0.15, 0.2) is 42.5 Å². The summed E-state index contributed by atoms with van der Waals surface area (Å²) in [5.74, 6) is 1.74. The molecule has 0 aliphatic heterocycles. The quantitative estimate of drug-likeness (QED) is 0.786. The molecule has 0 fully saturated rings. The fourth-order valence-electron chi connectivity index (χ4n) is 2.62. The number of nitrogens with two attached hydrogens (primary N) is 1. The van der Waals surface area contributed by atoms with E-state index in [2.05, 4.69) is 46.8 Å². The molecule has 0 aliphatic carbocycles. The molecule has 0 spiro atoms. The number of nitrogens with zero attached hydrogens (tertiary/aromatic N) is 2. The number of rotatable bonds is 5. The molecule has 114 valence electrons. The van der Waals surface area contributed by atoms with Crippen molar-refractivity contribution in [2.24, 2.45) is 5.73 Å². The standard InChI is InChI=1S/C18H21N3O/c1-3-22-15-8-9-17-16(10-15)20-18(11-19)21(17)12-14-6-4-13(2)5-7-14/h4-10H,3,11-12,19H2,1-2H3. The summed E-state index contributed by atoms with van der Waals surface area (Å²) in [5, 5.41) is 0. The molecular formula is C18H21N3O. The Morgan fingerprint density at radius 1 is 1.14 bits per heavy atom. The highest BCUT2D eigenvalue weighted by molar-refractivity contribution is 5.78. The molecule has 0 aliphatic rings. The zero-order chi connectivity index (χ0) is 15.5. The van der Waals surface area contributed by atoms with Gasteiger partial charge in [0.2, 0.25) is 0 Å². The second-order valence-corrected chi connectivity index (χ2v) is 5.39. The van der Waals surface area contributed by atoms with Crippen molar-refractivity contribution < 1.29 is 4.74 Å². The Morgan fingerprint density at radius 3 is 2.59 bits per heavy atom. The summed E-state index contributed by atoms with van der Waals surface area (Å²) in [6.07, 6.45) is 0. The largest absolute Gasteiger partial charge is 0.494 e. The van der Waals surface area contributed by atoms with Crippen LogP contribution < -0.4 is 10.5 Å². The van der Waals surface area contributed by atoms with E-state index in [1.807, 2.05) is 19.1 Å². The van der Waals surface area contributed by atoms with Gasteiger partial charge in [-0.05, 0) is 31.5 Å². The van der Waals surface area contributed by atoms with Crippen LogP contribution in [0.1, 0.15) is 23.9 Å². The van der Waals surface area contributed by atoms with E-state index in [4.69, 9.17) is 10.5 Å². The second kappa shape index (κ2) is 6.20. The number of hydrogen-bond donors (Lipinski definition) is 1. The maximum atomic E-state index is 5.87. The first kappa shape index (κ1) is 14.6. The topological polar surface area (TPSA) is 53.1 Å². The maximum absolute atomic E-state index is 5.87. The predicted octanol–water partition coefficient (Wildman–Crippen LogP) is 3.25. The Labute approximate surface area is 130 Å². The van der Waals surface area contributed by atoms with Crippen molar-refractivity contribution in [2.75, 3.05) is 6.61 Å². The first-order valence-electron chi connectivity index (χ1n) is 7.59. The van der Waals surface area contributed by atoms with Crippen molar-refractivity contribution in [1.29, 1.82) is 0 Å². The van der Waals surface area contributed by atoms with Crippen LogP contribution in [-0.4, -0.2) is 16.2 Å². The van der Waals surface area contributed by atoms with Crippen LogP contribution in [0.4, 0.5) is 0 Å². The van der Waals surface area contributed by atoms with Gasteiger partial charge < -0.3 is 15.0 Å². The summed E-state index contributed by atoms with van der Waals surface area (Å²) in [6.45, 7) is 5.92. The Hall–Kier alpha value is -2.33. The first-order chi connectivity index (χ1) is 10.7. The van der Waals surface area contributed by atoms with Crippen molar-refractivity contribution in [3.63, 3.8) is 0 Å². The number of benzene rings is 2. The highest BCUT2D eigenvalue weighted by Gasteiger charge is 2.11. The molecule has 0 amide bonds. The fourth-order valence-corrected chi connectivity index (χ4v) is 2.62. The second-order valence-electron chi connectivity index (χ2n) is 5.39. The van der Waals surface area contributed by atoms with Gasteiger partial charge in [-0.2, -0.15) is 0 Å². The van der Waals surface area contributed by atoms with E-state index in [-0.39, 0.29) is 0 Å². The lowest BCUT2D eigenvalue weighted by Gasteiger charge is -2.09. The molecule has 3 aromatic rings. The molecule has 4 nitrogen and oxygen atoms in total. The van der Waals surface area contributed by atoms with Crippen LogP contribution in [-0.2, 0) is 13.1 Å².